The molecule has 0 saturated heterocycles. The third-order valence-electron chi connectivity index (χ3n) is 9.57. The minimum atomic E-state index is -0.622. The summed E-state index contributed by atoms with van der Waals surface area (Å²) < 4.78 is 5.56. The van der Waals surface area contributed by atoms with Crippen molar-refractivity contribution in [3.63, 3.8) is 0 Å². The van der Waals surface area contributed by atoms with E-state index in [9.17, 15) is 14.7 Å². The first-order chi connectivity index (χ1) is 12.7. The molecule has 4 saturated carbocycles. The van der Waals surface area contributed by atoms with E-state index in [2.05, 4.69) is 13.8 Å². The molecule has 4 rings (SSSR count). The molecule has 4 fully saturated rings. The van der Waals surface area contributed by atoms with Crippen LogP contribution in [0.25, 0.3) is 0 Å². The molecule has 0 aliphatic heterocycles. The van der Waals surface area contributed by atoms with Crippen molar-refractivity contribution in [3.8, 4) is 0 Å². The summed E-state index contributed by atoms with van der Waals surface area (Å²) in [4.78, 5) is 22.7. The molecule has 0 aromatic rings. The third-order valence-corrected chi connectivity index (χ3v) is 9.57. The average molecular weight is 377 g/mol. The molecule has 0 bridgehead atoms. The lowest BCUT2D eigenvalue weighted by atomic mass is 9.44. The van der Waals surface area contributed by atoms with E-state index in [0.29, 0.717) is 29.6 Å². The van der Waals surface area contributed by atoms with Crippen molar-refractivity contribution >= 4 is 11.9 Å². The number of rotatable bonds is 3. The van der Waals surface area contributed by atoms with Crippen molar-refractivity contribution in [2.75, 3.05) is 0 Å². The van der Waals surface area contributed by atoms with Gasteiger partial charge < -0.3 is 9.84 Å². The van der Waals surface area contributed by atoms with Crippen molar-refractivity contribution in [1.82, 2.24) is 0 Å². The number of ether oxygens (including phenoxy) is 1. The molecule has 0 heterocycles. The van der Waals surface area contributed by atoms with Gasteiger partial charge in [0, 0.05) is 13.3 Å². The fourth-order valence-electron chi connectivity index (χ4n) is 8.22. The molecule has 152 valence electrons. The first-order valence-electron chi connectivity index (χ1n) is 11.1. The number of fused-ring (bicyclic) bond motifs is 5. The molecule has 27 heavy (non-hydrogen) atoms. The van der Waals surface area contributed by atoms with E-state index < -0.39 is 5.97 Å². The van der Waals surface area contributed by atoms with Crippen LogP contribution in [0.3, 0.4) is 0 Å². The largest absolute Gasteiger partial charge is 0.481 e. The Balaban J connectivity index is 1.51. The van der Waals surface area contributed by atoms with Crippen LogP contribution in [0.1, 0.15) is 85.0 Å². The lowest BCUT2D eigenvalue weighted by Gasteiger charge is -2.61. The lowest BCUT2D eigenvalue weighted by Crippen LogP contribution is -2.54. The van der Waals surface area contributed by atoms with Crippen LogP contribution in [0.15, 0.2) is 0 Å². The molecule has 0 aromatic carbocycles. The quantitative estimate of drug-likeness (QED) is 0.700. The van der Waals surface area contributed by atoms with Gasteiger partial charge in [0.15, 0.2) is 0 Å². The van der Waals surface area contributed by atoms with Crippen molar-refractivity contribution in [2.24, 2.45) is 40.4 Å². The highest BCUT2D eigenvalue weighted by Gasteiger charge is 2.60. The van der Waals surface area contributed by atoms with Crippen LogP contribution in [0.2, 0.25) is 0 Å². The Bertz CT molecular complexity index is 615. The molecule has 8 unspecified atom stereocenters. The molecule has 0 aromatic heterocycles. The summed E-state index contributed by atoms with van der Waals surface area (Å²) in [7, 11) is 0. The van der Waals surface area contributed by atoms with Crippen LogP contribution in [0, 0.1) is 40.4 Å². The zero-order chi connectivity index (χ0) is 19.4. The minimum absolute atomic E-state index is 0.123. The van der Waals surface area contributed by atoms with Crippen LogP contribution in [0.4, 0.5) is 0 Å². The number of hydrogen-bond donors (Lipinski definition) is 1. The van der Waals surface area contributed by atoms with E-state index in [1.807, 2.05) is 0 Å². The molecule has 0 radical (unpaired) electrons. The molecule has 4 aliphatic carbocycles. The highest BCUT2D eigenvalue weighted by Crippen LogP contribution is 2.67. The molecule has 4 aliphatic rings. The molecular formula is C23H36O4. The second kappa shape index (κ2) is 6.77. The summed E-state index contributed by atoms with van der Waals surface area (Å²) in [5, 5.41) is 9.36. The van der Waals surface area contributed by atoms with Gasteiger partial charge in [-0.25, -0.2) is 0 Å². The van der Waals surface area contributed by atoms with Gasteiger partial charge in [0.05, 0.1) is 0 Å². The highest BCUT2D eigenvalue weighted by atomic mass is 16.5. The highest BCUT2D eigenvalue weighted by molar-refractivity contribution is 5.67. The summed E-state index contributed by atoms with van der Waals surface area (Å²) in [6.45, 7) is 6.45. The molecule has 4 heteroatoms. The third kappa shape index (κ3) is 3.11. The zero-order valence-corrected chi connectivity index (χ0v) is 17.2. The molecule has 4 nitrogen and oxygen atoms in total. The Morgan fingerprint density at radius 2 is 1.67 bits per heavy atom. The van der Waals surface area contributed by atoms with E-state index in [1.165, 1.54) is 45.4 Å². The van der Waals surface area contributed by atoms with E-state index in [0.717, 1.165) is 31.1 Å². The standard InChI is InChI=1S/C23H36O4/c1-14(24)27-17-8-10-22(2)15(12-17)4-6-18-19-7-5-16(13-21(25)26)23(19,3)11-9-20(18)22/h15-20H,4-13H2,1-3H3,(H,25,26). The monoisotopic (exact) mass is 376 g/mol. The molecule has 1 N–H and O–H groups in total. The number of carbonyl (C=O) groups is 2. The van der Waals surface area contributed by atoms with E-state index in [-0.39, 0.29) is 17.5 Å². The molecular weight excluding hydrogens is 340 g/mol. The number of hydrogen-bond acceptors (Lipinski definition) is 3. The number of carbonyl (C=O) groups excluding carboxylic acids is 1. The minimum Gasteiger partial charge on any atom is -0.481 e. The van der Waals surface area contributed by atoms with Gasteiger partial charge in [0.25, 0.3) is 0 Å². The Kier molecular flexibility index (Phi) is 4.83. The van der Waals surface area contributed by atoms with Crippen LogP contribution in [0.5, 0.6) is 0 Å². The fraction of sp³-hybridized carbons (Fsp3) is 0.913. The summed E-state index contributed by atoms with van der Waals surface area (Å²) in [6.07, 6.45) is 11.1. The first-order valence-corrected chi connectivity index (χ1v) is 11.1. The van der Waals surface area contributed by atoms with Gasteiger partial charge in [-0.2, -0.15) is 0 Å². The van der Waals surface area contributed by atoms with Gasteiger partial charge >= 0.3 is 11.9 Å². The van der Waals surface area contributed by atoms with Gasteiger partial charge in [0.2, 0.25) is 0 Å². The van der Waals surface area contributed by atoms with Gasteiger partial charge in [0.1, 0.15) is 6.10 Å². The van der Waals surface area contributed by atoms with Crippen molar-refractivity contribution < 1.29 is 19.4 Å². The molecule has 8 atom stereocenters. The van der Waals surface area contributed by atoms with Gasteiger partial charge in [-0.15, -0.1) is 0 Å². The van der Waals surface area contributed by atoms with Crippen LogP contribution in [-0.4, -0.2) is 23.1 Å². The van der Waals surface area contributed by atoms with E-state index in [4.69, 9.17) is 4.74 Å². The van der Waals surface area contributed by atoms with Gasteiger partial charge in [-0.3, -0.25) is 9.59 Å². The Hall–Kier alpha value is -1.06. The average Bonchev–Trinajstić information content (AvgIpc) is 2.91. The van der Waals surface area contributed by atoms with Crippen molar-refractivity contribution in [3.05, 3.63) is 0 Å². The Morgan fingerprint density at radius 3 is 2.37 bits per heavy atom. The van der Waals surface area contributed by atoms with E-state index >= 15 is 0 Å². The number of carboxylic acid groups (broad SMARTS) is 1. The summed E-state index contributed by atoms with van der Waals surface area (Å²) in [5.74, 6) is 2.54. The van der Waals surface area contributed by atoms with Crippen molar-refractivity contribution in [1.29, 1.82) is 0 Å². The molecule has 0 amide bonds. The topological polar surface area (TPSA) is 63.6 Å². The van der Waals surface area contributed by atoms with Gasteiger partial charge in [-0.05, 0) is 98.2 Å². The Morgan fingerprint density at radius 1 is 0.963 bits per heavy atom. The zero-order valence-electron chi connectivity index (χ0n) is 17.2. The normalized spacial score (nSPS) is 48.9. The predicted octanol–water partition coefficient (Wildman–Crippen LogP) is 5.05. The summed E-state index contributed by atoms with van der Waals surface area (Å²) >= 11 is 0. The smallest absolute Gasteiger partial charge is 0.303 e. The van der Waals surface area contributed by atoms with Crippen molar-refractivity contribution in [2.45, 2.75) is 91.1 Å². The lowest BCUT2D eigenvalue weighted by molar-refractivity contribution is -0.160. The number of carboxylic acids is 1. The maximum absolute atomic E-state index is 11.4. The van der Waals surface area contributed by atoms with Crippen LogP contribution in [-0.2, 0) is 14.3 Å². The van der Waals surface area contributed by atoms with Gasteiger partial charge in [-0.1, -0.05) is 13.8 Å². The summed E-state index contributed by atoms with van der Waals surface area (Å²) in [6, 6.07) is 0. The second-order valence-corrected chi connectivity index (χ2v) is 10.6. The maximum atomic E-state index is 11.4. The summed E-state index contributed by atoms with van der Waals surface area (Å²) in [5.41, 5.74) is 0.615. The van der Waals surface area contributed by atoms with E-state index in [1.54, 1.807) is 0 Å². The fourth-order valence-corrected chi connectivity index (χ4v) is 8.22. The molecule has 0 spiro atoms. The van der Waals surface area contributed by atoms with Crippen LogP contribution < -0.4 is 0 Å². The number of esters is 1. The predicted molar refractivity (Wildman–Crippen MR) is 103 cm³/mol. The van der Waals surface area contributed by atoms with Crippen LogP contribution >= 0.6 is 0 Å². The first kappa shape index (κ1) is 19.3. The number of aliphatic carboxylic acids is 1. The second-order valence-electron chi connectivity index (χ2n) is 10.6. The maximum Gasteiger partial charge on any atom is 0.303 e. The Labute approximate surface area is 163 Å². The SMILES string of the molecule is CC(=O)OC1CCC2(C)C(CCC3C4CCC(CC(=O)O)C4(C)CCC32)C1.